The van der Waals surface area contributed by atoms with Crippen LogP contribution in [0.1, 0.15) is 89.1 Å². The third kappa shape index (κ3) is 7.69. The molecule has 44 heavy (non-hydrogen) atoms. The van der Waals surface area contributed by atoms with Crippen LogP contribution in [-0.4, -0.2) is 15.0 Å². The van der Waals surface area contributed by atoms with Gasteiger partial charge in [-0.05, 0) is 76.8 Å². The summed E-state index contributed by atoms with van der Waals surface area (Å²) in [7, 11) is 0. The molecule has 0 spiro atoms. The first kappa shape index (κ1) is 30.9. The van der Waals surface area contributed by atoms with Gasteiger partial charge in [0.15, 0.2) is 17.5 Å². The summed E-state index contributed by atoms with van der Waals surface area (Å²) in [5.74, 6) is 8.58. The van der Waals surface area contributed by atoms with Crippen LogP contribution in [0.5, 0.6) is 0 Å². The highest BCUT2D eigenvalue weighted by Gasteiger charge is 2.17. The van der Waals surface area contributed by atoms with Crippen molar-refractivity contribution in [3.8, 4) is 46.0 Å². The lowest BCUT2D eigenvalue weighted by Gasteiger charge is -2.19. The van der Waals surface area contributed by atoms with E-state index in [0.717, 1.165) is 34.2 Å². The molecule has 5 aromatic rings. The minimum absolute atomic E-state index is 0.0749. The zero-order chi connectivity index (χ0) is 31.3. The summed E-state index contributed by atoms with van der Waals surface area (Å²) in [6.07, 6.45) is 3.55. The predicted molar refractivity (Wildman–Crippen MR) is 185 cm³/mol. The van der Waals surface area contributed by atoms with Gasteiger partial charge in [-0.15, -0.1) is 0 Å². The van der Waals surface area contributed by atoms with E-state index in [4.69, 9.17) is 15.0 Å². The van der Waals surface area contributed by atoms with Crippen LogP contribution in [0.2, 0.25) is 0 Å². The summed E-state index contributed by atoms with van der Waals surface area (Å²) in [4.78, 5) is 14.8. The Morgan fingerprint density at radius 1 is 0.477 bits per heavy atom. The first-order valence-electron chi connectivity index (χ1n) is 15.7. The lowest BCUT2D eigenvalue weighted by Crippen LogP contribution is -2.10. The number of aryl methyl sites for hydroxylation is 1. The Hall–Kier alpha value is -4.55. The molecular weight excluding hydrogens is 534 g/mol. The van der Waals surface area contributed by atoms with E-state index in [1.54, 1.807) is 0 Å². The van der Waals surface area contributed by atoms with Crippen LogP contribution in [0.25, 0.3) is 34.2 Å². The fraction of sp³-hybridized carbons (Fsp3) is 0.293. The highest BCUT2D eigenvalue weighted by molar-refractivity contribution is 5.67. The first-order valence-corrected chi connectivity index (χ1v) is 15.7. The maximum Gasteiger partial charge on any atom is 0.164 e. The molecule has 0 saturated carbocycles. The van der Waals surface area contributed by atoms with Crippen molar-refractivity contribution >= 4 is 0 Å². The smallest absolute Gasteiger partial charge is 0.164 e. The SMILES string of the molecule is CCCCc1ccc(C#Cc2ccc(-c3nc(-c4ccc(C(C)(C)C)cc4)nc(-c4ccc(C(C)(C)C)cc4)n3)cc2)cc1. The van der Waals surface area contributed by atoms with Crippen molar-refractivity contribution in [1.82, 2.24) is 15.0 Å². The summed E-state index contributed by atoms with van der Waals surface area (Å²) in [6, 6.07) is 33.9. The third-order valence-corrected chi connectivity index (χ3v) is 7.92. The third-order valence-electron chi connectivity index (χ3n) is 7.92. The monoisotopic (exact) mass is 577 g/mol. The molecule has 222 valence electrons. The first-order chi connectivity index (χ1) is 21.0. The molecule has 0 unspecified atom stereocenters. The van der Waals surface area contributed by atoms with Crippen LogP contribution in [0.15, 0.2) is 97.1 Å². The molecule has 0 amide bonds. The van der Waals surface area contributed by atoms with Crippen molar-refractivity contribution in [1.29, 1.82) is 0 Å². The maximum absolute atomic E-state index is 4.94. The predicted octanol–water partition coefficient (Wildman–Crippen LogP) is 10.2. The van der Waals surface area contributed by atoms with E-state index in [0.29, 0.717) is 17.5 Å². The van der Waals surface area contributed by atoms with Crippen LogP contribution in [-0.2, 0) is 17.3 Å². The summed E-state index contributed by atoms with van der Waals surface area (Å²) in [6.45, 7) is 15.6. The lowest BCUT2D eigenvalue weighted by atomic mass is 9.86. The molecule has 3 nitrogen and oxygen atoms in total. The van der Waals surface area contributed by atoms with Crippen molar-refractivity contribution in [3.63, 3.8) is 0 Å². The van der Waals surface area contributed by atoms with E-state index in [1.165, 1.54) is 29.5 Å². The summed E-state index contributed by atoms with van der Waals surface area (Å²) >= 11 is 0. The van der Waals surface area contributed by atoms with Crippen LogP contribution in [0.4, 0.5) is 0 Å². The van der Waals surface area contributed by atoms with Gasteiger partial charge >= 0.3 is 0 Å². The Morgan fingerprint density at radius 2 is 0.818 bits per heavy atom. The molecule has 0 aliphatic heterocycles. The molecule has 0 N–H and O–H groups in total. The van der Waals surface area contributed by atoms with Crippen molar-refractivity contribution in [2.75, 3.05) is 0 Å². The molecule has 0 radical (unpaired) electrons. The summed E-state index contributed by atoms with van der Waals surface area (Å²) < 4.78 is 0. The zero-order valence-electron chi connectivity index (χ0n) is 27.2. The normalized spacial score (nSPS) is 11.6. The highest BCUT2D eigenvalue weighted by Crippen LogP contribution is 2.29. The Balaban J connectivity index is 1.47. The van der Waals surface area contributed by atoms with Crippen LogP contribution < -0.4 is 0 Å². The van der Waals surface area contributed by atoms with Gasteiger partial charge in [0, 0.05) is 27.8 Å². The Bertz CT molecular complexity index is 1680. The highest BCUT2D eigenvalue weighted by atomic mass is 15.0. The zero-order valence-corrected chi connectivity index (χ0v) is 27.2. The number of hydrogen-bond donors (Lipinski definition) is 0. The summed E-state index contributed by atoms with van der Waals surface area (Å²) in [5, 5.41) is 0. The largest absolute Gasteiger partial charge is 0.208 e. The second-order valence-corrected chi connectivity index (χ2v) is 13.6. The van der Waals surface area contributed by atoms with E-state index in [1.807, 2.05) is 24.3 Å². The van der Waals surface area contributed by atoms with E-state index in [2.05, 4.69) is 133 Å². The standard InChI is InChI=1S/C41H43N3/c1-8-9-10-29-11-13-30(14-12-29)15-16-31-17-19-32(20-18-31)37-42-38(33-21-25-35(26-22-33)40(2,3)4)44-39(43-37)34-23-27-36(28-24-34)41(5,6)7/h11-14,17-28H,8-10H2,1-7H3. The number of aromatic nitrogens is 3. The number of benzene rings is 4. The average molecular weight is 578 g/mol. The number of hydrogen-bond acceptors (Lipinski definition) is 3. The quantitative estimate of drug-likeness (QED) is 0.188. The van der Waals surface area contributed by atoms with Crippen molar-refractivity contribution in [3.05, 3.63) is 125 Å². The molecule has 4 aromatic carbocycles. The second kappa shape index (κ2) is 13.0. The molecule has 0 aliphatic carbocycles. The molecule has 5 rings (SSSR count). The number of rotatable bonds is 6. The minimum Gasteiger partial charge on any atom is -0.208 e. The van der Waals surface area contributed by atoms with Crippen molar-refractivity contribution in [2.45, 2.75) is 78.6 Å². The molecule has 0 atom stereocenters. The van der Waals surface area contributed by atoms with Gasteiger partial charge in [0.1, 0.15) is 0 Å². The molecule has 3 heteroatoms. The Labute approximate surface area is 263 Å². The van der Waals surface area contributed by atoms with Gasteiger partial charge in [0.2, 0.25) is 0 Å². The Kier molecular flexibility index (Phi) is 9.12. The van der Waals surface area contributed by atoms with Crippen LogP contribution in [0.3, 0.4) is 0 Å². The van der Waals surface area contributed by atoms with Gasteiger partial charge in [-0.1, -0.05) is 127 Å². The molecule has 0 fully saturated rings. The van der Waals surface area contributed by atoms with Gasteiger partial charge < -0.3 is 0 Å². The Morgan fingerprint density at radius 3 is 1.16 bits per heavy atom. The van der Waals surface area contributed by atoms with Gasteiger partial charge in [0.05, 0.1) is 0 Å². The number of unbranched alkanes of at least 4 members (excludes halogenated alkanes) is 1. The molecule has 0 aliphatic rings. The van der Waals surface area contributed by atoms with Gasteiger partial charge in [-0.25, -0.2) is 15.0 Å². The second-order valence-electron chi connectivity index (χ2n) is 13.6. The van der Waals surface area contributed by atoms with E-state index >= 15 is 0 Å². The average Bonchev–Trinajstić information content (AvgIpc) is 3.02. The molecule has 1 heterocycles. The van der Waals surface area contributed by atoms with Gasteiger partial charge in [-0.3, -0.25) is 0 Å². The van der Waals surface area contributed by atoms with Crippen LogP contribution >= 0.6 is 0 Å². The fourth-order valence-corrected chi connectivity index (χ4v) is 4.98. The molecule has 0 saturated heterocycles. The van der Waals surface area contributed by atoms with Gasteiger partial charge in [0.25, 0.3) is 0 Å². The van der Waals surface area contributed by atoms with Crippen molar-refractivity contribution < 1.29 is 0 Å². The van der Waals surface area contributed by atoms with E-state index < -0.39 is 0 Å². The molecule has 1 aromatic heterocycles. The van der Waals surface area contributed by atoms with Crippen LogP contribution in [0, 0.1) is 11.8 Å². The summed E-state index contributed by atoms with van der Waals surface area (Å²) in [5.41, 5.74) is 8.92. The maximum atomic E-state index is 4.94. The number of nitrogens with zero attached hydrogens (tertiary/aromatic N) is 3. The molecule has 0 bridgehead atoms. The van der Waals surface area contributed by atoms with Crippen molar-refractivity contribution in [2.24, 2.45) is 0 Å². The fourth-order valence-electron chi connectivity index (χ4n) is 4.98. The molecular formula is C41H43N3. The minimum atomic E-state index is 0.0749. The van der Waals surface area contributed by atoms with E-state index in [9.17, 15) is 0 Å². The lowest BCUT2D eigenvalue weighted by molar-refractivity contribution is 0.590. The van der Waals surface area contributed by atoms with E-state index in [-0.39, 0.29) is 10.8 Å². The van der Waals surface area contributed by atoms with Gasteiger partial charge in [-0.2, -0.15) is 0 Å². The topological polar surface area (TPSA) is 38.7 Å².